The highest BCUT2D eigenvalue weighted by Gasteiger charge is 2.58. The van der Waals surface area contributed by atoms with Gasteiger partial charge in [0.25, 0.3) is 11.8 Å². The zero-order chi connectivity index (χ0) is 19.5. The first kappa shape index (κ1) is 16.5. The number of para-hydroxylation sites is 2. The van der Waals surface area contributed by atoms with E-state index in [2.05, 4.69) is 5.32 Å². The Kier molecular flexibility index (Phi) is 3.34. The number of amides is 2. The Labute approximate surface area is 161 Å². The fourth-order valence-electron chi connectivity index (χ4n) is 4.08. The van der Waals surface area contributed by atoms with E-state index in [-0.39, 0.29) is 11.8 Å². The van der Waals surface area contributed by atoms with E-state index in [9.17, 15) is 14.0 Å². The fraction of sp³-hybridized carbons (Fsp3) is 0.0909. The SMILES string of the molecule is CN1C(=O)C2(Nc3ccccc3C(=O)N2c2ccc(F)cc2)c2ccccc21. The lowest BCUT2D eigenvalue weighted by Crippen LogP contribution is -2.62. The monoisotopic (exact) mass is 373 g/mol. The smallest absolute Gasteiger partial charge is 0.278 e. The zero-order valence-corrected chi connectivity index (χ0v) is 15.0. The minimum Gasteiger partial charge on any atom is -0.350 e. The number of hydrogen-bond acceptors (Lipinski definition) is 3. The molecule has 3 aromatic carbocycles. The van der Waals surface area contributed by atoms with Crippen LogP contribution in [0.2, 0.25) is 0 Å². The van der Waals surface area contributed by atoms with Crippen molar-refractivity contribution in [3.05, 3.63) is 89.7 Å². The molecule has 3 aromatic rings. The Morgan fingerprint density at radius 3 is 2.36 bits per heavy atom. The summed E-state index contributed by atoms with van der Waals surface area (Å²) in [6.45, 7) is 0. The van der Waals surface area contributed by atoms with Crippen LogP contribution in [0, 0.1) is 5.82 Å². The molecule has 0 aromatic heterocycles. The van der Waals surface area contributed by atoms with Crippen LogP contribution in [0.25, 0.3) is 0 Å². The molecule has 2 heterocycles. The first-order valence-corrected chi connectivity index (χ1v) is 8.89. The lowest BCUT2D eigenvalue weighted by molar-refractivity contribution is -0.121. The maximum absolute atomic E-state index is 13.5. The van der Waals surface area contributed by atoms with Gasteiger partial charge in [0, 0.05) is 24.0 Å². The van der Waals surface area contributed by atoms with Gasteiger partial charge in [0.1, 0.15) is 5.82 Å². The molecule has 6 heteroatoms. The number of benzene rings is 3. The number of halogens is 1. The quantitative estimate of drug-likeness (QED) is 0.707. The molecular weight excluding hydrogens is 357 g/mol. The summed E-state index contributed by atoms with van der Waals surface area (Å²) in [5.74, 6) is -1.01. The summed E-state index contributed by atoms with van der Waals surface area (Å²) < 4.78 is 13.5. The van der Waals surface area contributed by atoms with Gasteiger partial charge in [-0.25, -0.2) is 4.39 Å². The van der Waals surface area contributed by atoms with Crippen molar-refractivity contribution in [2.75, 3.05) is 22.2 Å². The van der Waals surface area contributed by atoms with Gasteiger partial charge in [-0.3, -0.25) is 14.5 Å². The van der Waals surface area contributed by atoms with Crippen molar-refractivity contribution in [2.45, 2.75) is 5.66 Å². The van der Waals surface area contributed by atoms with Gasteiger partial charge in [-0.05, 0) is 42.5 Å². The van der Waals surface area contributed by atoms with Crippen LogP contribution in [0.4, 0.5) is 21.5 Å². The number of anilines is 3. The molecule has 5 nitrogen and oxygen atoms in total. The van der Waals surface area contributed by atoms with Gasteiger partial charge in [0.05, 0.1) is 11.3 Å². The third kappa shape index (κ3) is 2.00. The van der Waals surface area contributed by atoms with Gasteiger partial charge >= 0.3 is 0 Å². The zero-order valence-electron chi connectivity index (χ0n) is 15.0. The summed E-state index contributed by atoms with van der Waals surface area (Å²) >= 11 is 0. The maximum atomic E-state index is 13.5. The average molecular weight is 373 g/mol. The standard InChI is InChI=1S/C22H16FN3O2/c1-25-19-9-5-3-7-17(19)22(21(25)28)24-18-8-4-2-6-16(18)20(27)26(22)15-12-10-14(23)11-13-15/h2-13,24H,1H3. The Hall–Kier alpha value is -3.67. The molecule has 2 aliphatic rings. The van der Waals surface area contributed by atoms with Crippen molar-refractivity contribution < 1.29 is 14.0 Å². The van der Waals surface area contributed by atoms with Crippen molar-refractivity contribution in [2.24, 2.45) is 0 Å². The van der Waals surface area contributed by atoms with Gasteiger partial charge in [0.15, 0.2) is 0 Å². The van der Waals surface area contributed by atoms with E-state index in [4.69, 9.17) is 0 Å². The number of nitrogens with zero attached hydrogens (tertiary/aromatic N) is 2. The molecule has 0 bridgehead atoms. The van der Waals surface area contributed by atoms with Gasteiger partial charge < -0.3 is 10.2 Å². The average Bonchev–Trinajstić information content (AvgIpc) is 2.92. The number of rotatable bonds is 1. The van der Waals surface area contributed by atoms with Crippen molar-refractivity contribution in [3.8, 4) is 0 Å². The van der Waals surface area contributed by atoms with E-state index >= 15 is 0 Å². The molecule has 0 aliphatic carbocycles. The van der Waals surface area contributed by atoms with Crippen LogP contribution >= 0.6 is 0 Å². The van der Waals surface area contributed by atoms with Crippen LogP contribution in [0.3, 0.4) is 0 Å². The third-order valence-corrected chi connectivity index (χ3v) is 5.37. The molecule has 28 heavy (non-hydrogen) atoms. The van der Waals surface area contributed by atoms with Crippen molar-refractivity contribution in [1.29, 1.82) is 0 Å². The number of carbonyl (C=O) groups is 2. The highest BCUT2D eigenvalue weighted by molar-refractivity contribution is 6.22. The number of hydrogen-bond donors (Lipinski definition) is 1. The van der Waals surface area contributed by atoms with Crippen LogP contribution in [0.5, 0.6) is 0 Å². The molecule has 0 saturated heterocycles. The summed E-state index contributed by atoms with van der Waals surface area (Å²) in [7, 11) is 1.69. The molecule has 5 rings (SSSR count). The Bertz CT molecular complexity index is 1130. The Morgan fingerprint density at radius 1 is 0.893 bits per heavy atom. The lowest BCUT2D eigenvalue weighted by atomic mass is 9.92. The highest BCUT2D eigenvalue weighted by Crippen LogP contribution is 2.48. The van der Waals surface area contributed by atoms with Gasteiger partial charge in [-0.2, -0.15) is 0 Å². The van der Waals surface area contributed by atoms with Crippen LogP contribution in [0.15, 0.2) is 72.8 Å². The predicted octanol–water partition coefficient (Wildman–Crippen LogP) is 3.73. The molecule has 138 valence electrons. The highest BCUT2D eigenvalue weighted by atomic mass is 19.1. The normalized spacial score (nSPS) is 20.2. The largest absolute Gasteiger partial charge is 0.350 e. The molecule has 0 saturated carbocycles. The van der Waals surface area contributed by atoms with Crippen LogP contribution in [0.1, 0.15) is 15.9 Å². The number of likely N-dealkylation sites (N-methyl/N-ethyl adjacent to an activating group) is 1. The van der Waals surface area contributed by atoms with Crippen molar-refractivity contribution >= 4 is 28.9 Å². The minimum absolute atomic E-state index is 0.277. The molecule has 2 amide bonds. The fourth-order valence-corrected chi connectivity index (χ4v) is 4.08. The molecule has 1 N–H and O–H groups in total. The predicted molar refractivity (Wildman–Crippen MR) is 105 cm³/mol. The third-order valence-electron chi connectivity index (χ3n) is 5.37. The second-order valence-corrected chi connectivity index (χ2v) is 6.88. The van der Waals surface area contributed by atoms with Gasteiger partial charge in [-0.1, -0.05) is 30.3 Å². The molecule has 1 atom stereocenters. The van der Waals surface area contributed by atoms with E-state index < -0.39 is 11.5 Å². The summed E-state index contributed by atoms with van der Waals surface area (Å²) in [5.41, 5.74) is 1.44. The van der Waals surface area contributed by atoms with Gasteiger partial charge in [0.2, 0.25) is 5.66 Å². The van der Waals surface area contributed by atoms with Gasteiger partial charge in [-0.15, -0.1) is 0 Å². The van der Waals surface area contributed by atoms with Crippen molar-refractivity contribution in [3.63, 3.8) is 0 Å². The number of nitrogens with one attached hydrogen (secondary N) is 1. The van der Waals surface area contributed by atoms with E-state index in [1.54, 1.807) is 30.1 Å². The summed E-state index contributed by atoms with van der Waals surface area (Å²) in [4.78, 5) is 30.1. The minimum atomic E-state index is -1.44. The summed E-state index contributed by atoms with van der Waals surface area (Å²) in [6, 6.07) is 20.0. The summed E-state index contributed by atoms with van der Waals surface area (Å²) in [5, 5.41) is 3.32. The van der Waals surface area contributed by atoms with E-state index in [1.165, 1.54) is 29.2 Å². The first-order chi connectivity index (χ1) is 13.5. The number of fused-ring (bicyclic) bond motifs is 3. The second-order valence-electron chi connectivity index (χ2n) is 6.88. The van der Waals surface area contributed by atoms with E-state index in [1.807, 2.05) is 30.3 Å². The first-order valence-electron chi connectivity index (χ1n) is 8.89. The second kappa shape index (κ2) is 5.66. The molecule has 1 spiro atoms. The van der Waals surface area contributed by atoms with Crippen molar-refractivity contribution in [1.82, 2.24) is 0 Å². The molecule has 0 radical (unpaired) electrons. The van der Waals surface area contributed by atoms with E-state index in [0.29, 0.717) is 22.5 Å². The van der Waals surface area contributed by atoms with Crippen LogP contribution in [-0.4, -0.2) is 18.9 Å². The van der Waals surface area contributed by atoms with Crippen LogP contribution < -0.4 is 15.1 Å². The Balaban J connectivity index is 1.83. The molecule has 0 fully saturated rings. The molecule has 2 aliphatic heterocycles. The maximum Gasteiger partial charge on any atom is 0.278 e. The molecule has 1 unspecified atom stereocenters. The lowest BCUT2D eigenvalue weighted by Gasteiger charge is -2.44. The van der Waals surface area contributed by atoms with E-state index in [0.717, 1.165) is 5.69 Å². The summed E-state index contributed by atoms with van der Waals surface area (Å²) in [6.07, 6.45) is 0. The van der Waals surface area contributed by atoms with Crippen LogP contribution in [-0.2, 0) is 10.5 Å². The Morgan fingerprint density at radius 2 is 1.57 bits per heavy atom. The number of carbonyl (C=O) groups excluding carboxylic acids is 2. The molecular formula is C22H16FN3O2. The topological polar surface area (TPSA) is 52.7 Å².